The number of halogens is 2. The molecule has 1 aromatic heterocycles. The van der Waals surface area contributed by atoms with Crippen LogP contribution in [0.4, 0.5) is 5.69 Å². The van der Waals surface area contributed by atoms with E-state index in [1.165, 1.54) is 0 Å². The number of aromatic nitrogens is 1. The van der Waals surface area contributed by atoms with E-state index in [2.05, 4.69) is 10.3 Å². The molecule has 0 aliphatic heterocycles. The van der Waals surface area contributed by atoms with Crippen molar-refractivity contribution in [3.05, 3.63) is 61.5 Å². The Kier molecular flexibility index (Phi) is 4.23. The fourth-order valence-corrected chi connectivity index (χ4v) is 2.98. The Hall–Kier alpha value is -1.78. The van der Waals surface area contributed by atoms with Gasteiger partial charge in [-0.3, -0.25) is 9.59 Å². The molecule has 0 spiro atoms. The first kappa shape index (κ1) is 15.1. The number of rotatable bonds is 2. The average molecular weight is 337 g/mol. The minimum Gasteiger partial charge on any atom is -0.325 e. The minimum atomic E-state index is -0.487. The van der Waals surface area contributed by atoms with Crippen molar-refractivity contribution >= 4 is 34.8 Å². The highest BCUT2D eigenvalue weighted by atomic mass is 35.5. The molecule has 1 aliphatic carbocycles. The first-order valence-electron chi connectivity index (χ1n) is 7.06. The third-order valence-electron chi connectivity index (χ3n) is 3.78. The zero-order valence-corrected chi connectivity index (χ0v) is 13.2. The van der Waals surface area contributed by atoms with E-state index < -0.39 is 5.91 Å². The molecule has 1 aromatic carbocycles. The largest absolute Gasteiger partial charge is 0.325 e. The summed E-state index contributed by atoms with van der Waals surface area (Å²) in [6.07, 6.45) is 3.86. The van der Waals surface area contributed by atoms with Gasteiger partial charge in [0.25, 0.3) is 11.5 Å². The van der Waals surface area contributed by atoms with E-state index in [1.54, 1.807) is 24.3 Å². The van der Waals surface area contributed by atoms with Crippen LogP contribution in [-0.2, 0) is 12.8 Å². The first-order valence-corrected chi connectivity index (χ1v) is 7.82. The lowest BCUT2D eigenvalue weighted by Crippen LogP contribution is -2.26. The van der Waals surface area contributed by atoms with Gasteiger partial charge in [-0.25, -0.2) is 0 Å². The molecule has 2 aromatic rings. The molecule has 1 amide bonds. The molecule has 0 atom stereocenters. The molecule has 1 heterocycles. The fourth-order valence-electron chi connectivity index (χ4n) is 2.63. The standard InChI is InChI=1S/C16H14Cl2N2O2/c17-11-5-3-7-13(14(11)18)20-16(22)10-8-9-4-1-2-6-12(9)19-15(10)21/h3,5,7-8H,1-2,4,6H2,(H,19,21)(H,20,22). The lowest BCUT2D eigenvalue weighted by Gasteiger charge is -2.16. The lowest BCUT2D eigenvalue weighted by atomic mass is 9.95. The highest BCUT2D eigenvalue weighted by Crippen LogP contribution is 2.29. The molecule has 6 heteroatoms. The van der Waals surface area contributed by atoms with Crippen molar-refractivity contribution in [3.8, 4) is 0 Å². The molecule has 0 fully saturated rings. The number of pyridine rings is 1. The number of carbonyl (C=O) groups is 1. The Morgan fingerprint density at radius 2 is 1.95 bits per heavy atom. The maximum absolute atomic E-state index is 12.4. The Bertz CT molecular complexity index is 799. The maximum Gasteiger partial charge on any atom is 0.261 e. The quantitative estimate of drug-likeness (QED) is 0.875. The number of anilines is 1. The molecule has 0 saturated carbocycles. The van der Waals surface area contributed by atoms with E-state index in [9.17, 15) is 9.59 Å². The Morgan fingerprint density at radius 1 is 1.18 bits per heavy atom. The summed E-state index contributed by atoms with van der Waals surface area (Å²) in [5.41, 5.74) is 2.08. The summed E-state index contributed by atoms with van der Waals surface area (Å²) in [6.45, 7) is 0. The second-order valence-electron chi connectivity index (χ2n) is 5.28. The van der Waals surface area contributed by atoms with Crippen molar-refractivity contribution in [1.29, 1.82) is 0 Å². The fraction of sp³-hybridized carbons (Fsp3) is 0.250. The van der Waals surface area contributed by atoms with E-state index >= 15 is 0 Å². The summed E-state index contributed by atoms with van der Waals surface area (Å²) >= 11 is 12.0. The third-order valence-corrected chi connectivity index (χ3v) is 4.60. The summed E-state index contributed by atoms with van der Waals surface area (Å²) in [5, 5.41) is 3.24. The van der Waals surface area contributed by atoms with Gasteiger partial charge in [-0.15, -0.1) is 0 Å². The lowest BCUT2D eigenvalue weighted by molar-refractivity contribution is 0.102. The Labute approximate surface area is 137 Å². The summed E-state index contributed by atoms with van der Waals surface area (Å²) in [7, 11) is 0. The summed E-state index contributed by atoms with van der Waals surface area (Å²) < 4.78 is 0. The first-order chi connectivity index (χ1) is 10.6. The van der Waals surface area contributed by atoms with Crippen molar-refractivity contribution < 1.29 is 4.79 Å². The van der Waals surface area contributed by atoms with Crippen LogP contribution < -0.4 is 10.9 Å². The monoisotopic (exact) mass is 336 g/mol. The number of carbonyl (C=O) groups excluding carboxylic acids is 1. The van der Waals surface area contributed by atoms with Crippen molar-refractivity contribution in [2.75, 3.05) is 5.32 Å². The van der Waals surface area contributed by atoms with Crippen LogP contribution in [0.2, 0.25) is 10.0 Å². The van der Waals surface area contributed by atoms with E-state index in [4.69, 9.17) is 23.2 Å². The molecule has 0 radical (unpaired) electrons. The molecule has 114 valence electrons. The van der Waals surface area contributed by atoms with Crippen molar-refractivity contribution in [3.63, 3.8) is 0 Å². The van der Waals surface area contributed by atoms with E-state index in [0.29, 0.717) is 10.7 Å². The summed E-state index contributed by atoms with van der Waals surface area (Å²) in [6, 6.07) is 6.63. The van der Waals surface area contributed by atoms with Crippen LogP contribution in [0.5, 0.6) is 0 Å². The van der Waals surface area contributed by atoms with Gasteiger partial charge in [-0.2, -0.15) is 0 Å². The van der Waals surface area contributed by atoms with E-state index in [-0.39, 0.29) is 16.1 Å². The summed E-state index contributed by atoms with van der Waals surface area (Å²) in [4.78, 5) is 27.3. The van der Waals surface area contributed by atoms with Crippen LogP contribution in [0.15, 0.2) is 29.1 Å². The number of nitrogens with one attached hydrogen (secondary N) is 2. The molecule has 22 heavy (non-hydrogen) atoms. The van der Waals surface area contributed by atoms with Gasteiger partial charge < -0.3 is 10.3 Å². The van der Waals surface area contributed by atoms with Crippen molar-refractivity contribution in [2.24, 2.45) is 0 Å². The maximum atomic E-state index is 12.4. The summed E-state index contributed by atoms with van der Waals surface area (Å²) in [5.74, 6) is -0.487. The molecule has 0 bridgehead atoms. The smallest absolute Gasteiger partial charge is 0.261 e. The molecular formula is C16H14Cl2N2O2. The normalized spacial score (nSPS) is 13.5. The van der Waals surface area contributed by atoms with Gasteiger partial charge in [-0.1, -0.05) is 29.3 Å². The van der Waals surface area contributed by atoms with Crippen molar-refractivity contribution in [2.45, 2.75) is 25.7 Å². The minimum absolute atomic E-state index is 0.0942. The molecule has 1 aliphatic rings. The zero-order chi connectivity index (χ0) is 15.7. The van der Waals surface area contributed by atoms with Crippen LogP contribution in [-0.4, -0.2) is 10.9 Å². The number of amides is 1. The SMILES string of the molecule is O=C(Nc1cccc(Cl)c1Cl)c1cc2c([nH]c1=O)CCCC2. The number of aromatic amines is 1. The van der Waals surface area contributed by atoms with Gasteiger partial charge in [0.05, 0.1) is 15.7 Å². The Balaban J connectivity index is 1.92. The highest BCUT2D eigenvalue weighted by Gasteiger charge is 2.18. The molecule has 4 nitrogen and oxygen atoms in total. The van der Waals surface area contributed by atoms with Crippen LogP contribution in [0.25, 0.3) is 0 Å². The highest BCUT2D eigenvalue weighted by molar-refractivity contribution is 6.44. The molecule has 0 saturated heterocycles. The molecule has 3 rings (SSSR count). The molecule has 0 unspecified atom stereocenters. The second-order valence-corrected chi connectivity index (χ2v) is 6.06. The third kappa shape index (κ3) is 2.89. The van der Waals surface area contributed by atoms with Crippen LogP contribution >= 0.6 is 23.2 Å². The van der Waals surface area contributed by atoms with Crippen LogP contribution in [0.1, 0.15) is 34.5 Å². The zero-order valence-electron chi connectivity index (χ0n) is 11.7. The number of H-pyrrole nitrogens is 1. The van der Waals surface area contributed by atoms with E-state index in [1.807, 2.05) is 0 Å². The average Bonchev–Trinajstić information content (AvgIpc) is 2.51. The van der Waals surface area contributed by atoms with Gasteiger partial charge in [0.1, 0.15) is 5.56 Å². The number of fused-ring (bicyclic) bond motifs is 1. The van der Waals surface area contributed by atoms with Crippen LogP contribution in [0, 0.1) is 0 Å². The predicted molar refractivity (Wildman–Crippen MR) is 88.1 cm³/mol. The second kappa shape index (κ2) is 6.15. The van der Waals surface area contributed by atoms with Gasteiger partial charge in [0, 0.05) is 5.69 Å². The Morgan fingerprint density at radius 3 is 2.77 bits per heavy atom. The van der Waals surface area contributed by atoms with E-state index in [0.717, 1.165) is 36.9 Å². The van der Waals surface area contributed by atoms with Gasteiger partial charge in [0.15, 0.2) is 0 Å². The van der Waals surface area contributed by atoms with Gasteiger partial charge >= 0.3 is 0 Å². The number of aryl methyl sites for hydroxylation is 2. The topological polar surface area (TPSA) is 62.0 Å². The van der Waals surface area contributed by atoms with Gasteiger partial charge in [0.2, 0.25) is 0 Å². The van der Waals surface area contributed by atoms with Gasteiger partial charge in [-0.05, 0) is 49.4 Å². The predicted octanol–water partition coefficient (Wildman–Crippen LogP) is 3.81. The number of hydrogen-bond donors (Lipinski definition) is 2. The number of hydrogen-bond acceptors (Lipinski definition) is 2. The molecular weight excluding hydrogens is 323 g/mol. The van der Waals surface area contributed by atoms with Crippen LogP contribution in [0.3, 0.4) is 0 Å². The number of benzene rings is 1. The molecule has 2 N–H and O–H groups in total. The van der Waals surface area contributed by atoms with Crippen molar-refractivity contribution in [1.82, 2.24) is 4.98 Å².